The van der Waals surface area contributed by atoms with E-state index < -0.39 is 0 Å². The first-order chi connectivity index (χ1) is 8.27. The van der Waals surface area contributed by atoms with Gasteiger partial charge in [0.15, 0.2) is 12.2 Å². The third-order valence-electron chi connectivity index (χ3n) is 4.00. The number of benzene rings is 1. The van der Waals surface area contributed by atoms with Crippen molar-refractivity contribution < 1.29 is 4.57 Å². The largest absolute Gasteiger partial charge is 0.213 e. The van der Waals surface area contributed by atoms with Crippen molar-refractivity contribution in [1.29, 1.82) is 0 Å². The molecular formula is C16H14N+. The summed E-state index contributed by atoms with van der Waals surface area (Å²) in [5.74, 6) is 0.548. The Hall–Kier alpha value is -1.89. The lowest BCUT2D eigenvalue weighted by molar-refractivity contribution is -0.688. The fourth-order valence-electron chi connectivity index (χ4n) is 3.09. The molecule has 0 radical (unpaired) electrons. The molecule has 2 atom stereocenters. The van der Waals surface area contributed by atoms with Crippen LogP contribution < -0.4 is 4.57 Å². The second-order valence-electron chi connectivity index (χ2n) is 5.08. The number of hydrogen-bond donors (Lipinski definition) is 0. The average Bonchev–Trinajstić information content (AvgIpc) is 3.02. The van der Waals surface area contributed by atoms with E-state index in [9.17, 15) is 0 Å². The molecule has 2 heterocycles. The normalized spacial score (nSPS) is 23.7. The van der Waals surface area contributed by atoms with E-state index in [1.54, 1.807) is 0 Å². The quantitative estimate of drug-likeness (QED) is 0.474. The van der Waals surface area contributed by atoms with Gasteiger partial charge in [-0.25, -0.2) is 0 Å². The molecule has 1 aromatic carbocycles. The molecule has 1 saturated carbocycles. The van der Waals surface area contributed by atoms with Crippen LogP contribution in [0.25, 0.3) is 11.3 Å². The Labute approximate surface area is 101 Å². The molecule has 82 valence electrons. The molecular weight excluding hydrogens is 206 g/mol. The van der Waals surface area contributed by atoms with Crippen molar-refractivity contribution in [3.8, 4) is 11.3 Å². The molecule has 1 heteroatoms. The fourth-order valence-corrected chi connectivity index (χ4v) is 3.09. The van der Waals surface area contributed by atoms with Crippen LogP contribution in [-0.4, -0.2) is 0 Å². The van der Waals surface area contributed by atoms with E-state index in [0.29, 0.717) is 12.0 Å². The molecule has 1 fully saturated rings. The fraction of sp³-hybridized carbons (Fsp3) is 0.188. The average molecular weight is 220 g/mol. The second-order valence-corrected chi connectivity index (χ2v) is 5.08. The van der Waals surface area contributed by atoms with Gasteiger partial charge in [0.25, 0.3) is 0 Å². The molecule has 4 rings (SSSR count). The van der Waals surface area contributed by atoms with Gasteiger partial charge in [-0.15, -0.1) is 0 Å². The SMILES string of the molecule is C=C1C2c3ccccc3-c3cc(C)cc[n+]3C12. The molecule has 1 aromatic heterocycles. The van der Waals surface area contributed by atoms with Crippen molar-refractivity contribution >= 4 is 0 Å². The lowest BCUT2D eigenvalue weighted by Crippen LogP contribution is -2.37. The highest BCUT2D eigenvalue weighted by Crippen LogP contribution is 2.57. The van der Waals surface area contributed by atoms with Gasteiger partial charge in [-0.05, 0) is 24.1 Å². The van der Waals surface area contributed by atoms with Crippen molar-refractivity contribution in [2.45, 2.75) is 18.9 Å². The maximum atomic E-state index is 4.21. The van der Waals surface area contributed by atoms with Crippen LogP contribution in [0, 0.1) is 6.92 Å². The highest BCUT2D eigenvalue weighted by molar-refractivity contribution is 5.68. The van der Waals surface area contributed by atoms with Gasteiger partial charge in [-0.1, -0.05) is 24.8 Å². The van der Waals surface area contributed by atoms with E-state index >= 15 is 0 Å². The van der Waals surface area contributed by atoms with Crippen LogP contribution in [0.2, 0.25) is 0 Å². The number of aromatic nitrogens is 1. The number of allylic oxidation sites excluding steroid dienone is 1. The van der Waals surface area contributed by atoms with Gasteiger partial charge >= 0.3 is 0 Å². The summed E-state index contributed by atoms with van der Waals surface area (Å²) in [6.45, 7) is 6.36. The van der Waals surface area contributed by atoms with Gasteiger partial charge < -0.3 is 0 Å². The predicted octanol–water partition coefficient (Wildman–Crippen LogP) is 3.16. The van der Waals surface area contributed by atoms with Crippen molar-refractivity contribution in [3.63, 3.8) is 0 Å². The summed E-state index contributed by atoms with van der Waals surface area (Å²) in [6.07, 6.45) is 2.20. The summed E-state index contributed by atoms with van der Waals surface area (Å²) >= 11 is 0. The van der Waals surface area contributed by atoms with Crippen molar-refractivity contribution in [2.24, 2.45) is 0 Å². The number of pyridine rings is 1. The highest BCUT2D eigenvalue weighted by Gasteiger charge is 2.56. The summed E-state index contributed by atoms with van der Waals surface area (Å²) < 4.78 is 2.38. The first-order valence-corrected chi connectivity index (χ1v) is 6.07. The van der Waals surface area contributed by atoms with E-state index in [1.165, 1.54) is 28.0 Å². The number of aryl methyl sites for hydroxylation is 1. The van der Waals surface area contributed by atoms with Gasteiger partial charge in [0.1, 0.15) is 0 Å². The number of fused-ring (bicyclic) bond motifs is 6. The van der Waals surface area contributed by atoms with Crippen molar-refractivity contribution in [3.05, 3.63) is 65.9 Å². The molecule has 2 aromatic rings. The Balaban J connectivity index is 2.09. The minimum atomic E-state index is 0.500. The topological polar surface area (TPSA) is 3.88 Å². The van der Waals surface area contributed by atoms with Gasteiger partial charge in [0, 0.05) is 17.7 Å². The standard InChI is InChI=1S/C16H14N/c1-10-7-8-17-14(9-10)12-5-3-4-6-13(12)15-11(2)16(15)17/h3-9,15-16H,2H2,1H3/q+1. The lowest BCUT2D eigenvalue weighted by atomic mass is 9.96. The van der Waals surface area contributed by atoms with Crippen LogP contribution in [-0.2, 0) is 0 Å². The maximum absolute atomic E-state index is 4.21. The molecule has 0 amide bonds. The Morgan fingerprint density at radius 2 is 2.00 bits per heavy atom. The summed E-state index contributed by atoms with van der Waals surface area (Å²) in [4.78, 5) is 0. The Kier molecular flexibility index (Phi) is 1.54. The Morgan fingerprint density at radius 3 is 2.88 bits per heavy atom. The number of rotatable bonds is 0. The lowest BCUT2D eigenvalue weighted by Gasteiger charge is -2.13. The zero-order chi connectivity index (χ0) is 11.6. The maximum Gasteiger partial charge on any atom is 0.213 e. The Morgan fingerprint density at radius 1 is 1.18 bits per heavy atom. The third-order valence-corrected chi connectivity index (χ3v) is 4.00. The molecule has 0 spiro atoms. The van der Waals surface area contributed by atoms with Crippen LogP contribution >= 0.6 is 0 Å². The van der Waals surface area contributed by atoms with Crippen LogP contribution in [0.15, 0.2) is 54.7 Å². The smallest absolute Gasteiger partial charge is 0.191 e. The van der Waals surface area contributed by atoms with Gasteiger partial charge in [0.05, 0.1) is 11.5 Å². The minimum Gasteiger partial charge on any atom is -0.191 e. The molecule has 2 unspecified atom stereocenters. The third kappa shape index (κ3) is 1.06. The minimum absolute atomic E-state index is 0.500. The van der Waals surface area contributed by atoms with Crippen molar-refractivity contribution in [1.82, 2.24) is 0 Å². The van der Waals surface area contributed by atoms with Crippen LogP contribution in [0.4, 0.5) is 0 Å². The number of nitrogens with zero attached hydrogens (tertiary/aromatic N) is 1. The van der Waals surface area contributed by atoms with E-state index in [-0.39, 0.29) is 0 Å². The van der Waals surface area contributed by atoms with E-state index in [0.717, 1.165) is 0 Å². The molecule has 1 nitrogen and oxygen atoms in total. The predicted molar refractivity (Wildman–Crippen MR) is 67.7 cm³/mol. The molecule has 17 heavy (non-hydrogen) atoms. The van der Waals surface area contributed by atoms with Gasteiger partial charge in [-0.2, -0.15) is 4.57 Å². The van der Waals surface area contributed by atoms with Gasteiger partial charge in [-0.3, -0.25) is 0 Å². The summed E-state index contributed by atoms with van der Waals surface area (Å²) in [7, 11) is 0. The monoisotopic (exact) mass is 220 g/mol. The zero-order valence-electron chi connectivity index (χ0n) is 9.85. The molecule has 2 aliphatic rings. The summed E-state index contributed by atoms with van der Waals surface area (Å²) in [5.41, 5.74) is 6.82. The van der Waals surface area contributed by atoms with Crippen LogP contribution in [0.3, 0.4) is 0 Å². The van der Waals surface area contributed by atoms with Gasteiger partial charge in [0.2, 0.25) is 5.69 Å². The number of hydrogen-bond acceptors (Lipinski definition) is 0. The molecule has 1 aliphatic heterocycles. The first kappa shape index (κ1) is 9.17. The van der Waals surface area contributed by atoms with E-state index in [4.69, 9.17) is 0 Å². The second kappa shape index (κ2) is 2.86. The zero-order valence-corrected chi connectivity index (χ0v) is 9.85. The first-order valence-electron chi connectivity index (χ1n) is 6.07. The molecule has 0 saturated heterocycles. The molecule has 0 bridgehead atoms. The summed E-state index contributed by atoms with van der Waals surface area (Å²) in [6, 6.07) is 13.7. The highest BCUT2D eigenvalue weighted by atomic mass is 15.1. The summed E-state index contributed by atoms with van der Waals surface area (Å²) in [5, 5.41) is 0. The molecule has 1 aliphatic carbocycles. The Bertz CT molecular complexity index is 654. The molecule has 0 N–H and O–H groups in total. The van der Waals surface area contributed by atoms with E-state index in [2.05, 4.69) is 60.7 Å². The van der Waals surface area contributed by atoms with Crippen LogP contribution in [0.1, 0.15) is 23.1 Å². The van der Waals surface area contributed by atoms with Crippen LogP contribution in [0.5, 0.6) is 0 Å². The van der Waals surface area contributed by atoms with Crippen molar-refractivity contribution in [2.75, 3.05) is 0 Å². The van der Waals surface area contributed by atoms with E-state index in [1.807, 2.05) is 0 Å².